The van der Waals surface area contributed by atoms with E-state index in [0.29, 0.717) is 0 Å². The third kappa shape index (κ3) is 3.84. The molecule has 0 saturated heterocycles. The highest BCUT2D eigenvalue weighted by Gasteiger charge is 2.32. The largest absolute Gasteiger partial charge is 0.394 e. The highest BCUT2D eigenvalue weighted by Crippen LogP contribution is 2.29. The van der Waals surface area contributed by atoms with Crippen molar-refractivity contribution in [3.63, 3.8) is 0 Å². The molecule has 0 unspecified atom stereocenters. The SMILES string of the molecule is O=C1C(Cl)=C(N=C[C@H](O)[C@@H](O)[C@H](O)[C@H](O)CO)C(=O)c2ccccc21. The second-order valence-corrected chi connectivity index (χ2v) is 5.74. The first-order chi connectivity index (χ1) is 11.8. The standard InChI is InChI=1S/C16H16ClNO7/c17-11-12(14(23)8-4-2-1-3-7(8)13(11)22)18-5-9(20)15(24)16(25)10(21)6-19/h1-5,9-10,15-16,19-21,24-25H,6H2/t9-,10+,15+,16+/m0/s1. The minimum atomic E-state index is -1.88. The van der Waals surface area contributed by atoms with Gasteiger partial charge < -0.3 is 25.5 Å². The summed E-state index contributed by atoms with van der Waals surface area (Å²) in [5, 5.41) is 46.5. The number of aliphatic imine (C=N–C) groups is 1. The molecule has 25 heavy (non-hydrogen) atoms. The van der Waals surface area contributed by atoms with Gasteiger partial charge in [0.2, 0.25) is 11.6 Å². The van der Waals surface area contributed by atoms with Crippen LogP contribution in [0.4, 0.5) is 0 Å². The van der Waals surface area contributed by atoms with Gasteiger partial charge in [-0.2, -0.15) is 0 Å². The fraction of sp³-hybridized carbons (Fsp3) is 0.312. The number of Topliss-reactive ketones (excluding diaryl/α,β-unsaturated/α-hetero) is 2. The van der Waals surface area contributed by atoms with Crippen LogP contribution in [0.2, 0.25) is 0 Å². The minimum absolute atomic E-state index is 0.106. The van der Waals surface area contributed by atoms with E-state index >= 15 is 0 Å². The molecule has 0 saturated carbocycles. The number of benzene rings is 1. The third-order valence-corrected chi connectivity index (χ3v) is 4.03. The maximum Gasteiger partial charge on any atom is 0.213 e. The molecule has 1 aliphatic carbocycles. The van der Waals surface area contributed by atoms with Crippen molar-refractivity contribution in [3.8, 4) is 0 Å². The van der Waals surface area contributed by atoms with E-state index in [2.05, 4.69) is 4.99 Å². The first-order valence-electron chi connectivity index (χ1n) is 7.25. The van der Waals surface area contributed by atoms with Crippen LogP contribution in [-0.4, -0.2) is 74.3 Å². The lowest BCUT2D eigenvalue weighted by atomic mass is 9.92. The van der Waals surface area contributed by atoms with Crippen LogP contribution in [0.3, 0.4) is 0 Å². The summed E-state index contributed by atoms with van der Waals surface area (Å²) >= 11 is 5.88. The van der Waals surface area contributed by atoms with Crippen molar-refractivity contribution >= 4 is 29.4 Å². The number of hydrogen-bond donors (Lipinski definition) is 5. The van der Waals surface area contributed by atoms with Crippen LogP contribution in [0.15, 0.2) is 40.0 Å². The van der Waals surface area contributed by atoms with Crippen molar-refractivity contribution in [2.75, 3.05) is 6.61 Å². The zero-order valence-electron chi connectivity index (χ0n) is 12.8. The molecule has 134 valence electrons. The molecule has 0 aliphatic heterocycles. The molecule has 5 N–H and O–H groups in total. The smallest absolute Gasteiger partial charge is 0.213 e. The molecule has 0 spiro atoms. The molecular weight excluding hydrogens is 354 g/mol. The van der Waals surface area contributed by atoms with Crippen molar-refractivity contribution in [1.82, 2.24) is 0 Å². The fourth-order valence-corrected chi connectivity index (χ4v) is 2.46. The predicted molar refractivity (Wildman–Crippen MR) is 87.6 cm³/mol. The maximum absolute atomic E-state index is 12.4. The van der Waals surface area contributed by atoms with Crippen molar-refractivity contribution in [1.29, 1.82) is 0 Å². The van der Waals surface area contributed by atoms with Gasteiger partial charge in [0.15, 0.2) is 0 Å². The van der Waals surface area contributed by atoms with E-state index in [1.807, 2.05) is 0 Å². The van der Waals surface area contributed by atoms with Crippen molar-refractivity contribution in [2.45, 2.75) is 24.4 Å². The number of halogens is 1. The number of rotatable bonds is 6. The van der Waals surface area contributed by atoms with Gasteiger partial charge in [-0.05, 0) is 0 Å². The second kappa shape index (κ2) is 7.96. The summed E-state index contributed by atoms with van der Waals surface area (Å²) in [5.74, 6) is -1.23. The molecule has 8 nitrogen and oxygen atoms in total. The number of hydrogen-bond acceptors (Lipinski definition) is 8. The molecule has 0 bridgehead atoms. The summed E-state index contributed by atoms with van der Waals surface area (Å²) in [4.78, 5) is 28.2. The van der Waals surface area contributed by atoms with E-state index in [9.17, 15) is 30.0 Å². The van der Waals surface area contributed by atoms with E-state index in [1.165, 1.54) is 12.1 Å². The number of aliphatic hydroxyl groups excluding tert-OH is 5. The van der Waals surface area contributed by atoms with E-state index < -0.39 is 53.3 Å². The summed E-state index contributed by atoms with van der Waals surface area (Å²) in [6.07, 6.45) is -6.47. The van der Waals surface area contributed by atoms with Gasteiger partial charge in [0.25, 0.3) is 0 Å². The first kappa shape index (κ1) is 19.4. The average Bonchev–Trinajstić information content (AvgIpc) is 2.64. The van der Waals surface area contributed by atoms with Crippen molar-refractivity contribution < 1.29 is 35.1 Å². The quantitative estimate of drug-likeness (QED) is 0.405. The lowest BCUT2D eigenvalue weighted by molar-refractivity contribution is -0.0999. The number of nitrogens with zero attached hydrogens (tertiary/aromatic N) is 1. The van der Waals surface area contributed by atoms with Gasteiger partial charge in [-0.15, -0.1) is 0 Å². The molecule has 0 fully saturated rings. The normalized spacial score (nSPS) is 19.8. The Hall–Kier alpha value is -1.94. The molecule has 0 amide bonds. The highest BCUT2D eigenvalue weighted by atomic mass is 35.5. The Morgan fingerprint density at radius 2 is 1.56 bits per heavy atom. The summed E-state index contributed by atoms with van der Waals surface area (Å²) in [7, 11) is 0. The molecule has 1 aromatic carbocycles. The topological polar surface area (TPSA) is 148 Å². The number of carbonyl (C=O) groups is 2. The maximum atomic E-state index is 12.4. The van der Waals surface area contributed by atoms with Gasteiger partial charge in [-0.3, -0.25) is 14.6 Å². The third-order valence-electron chi connectivity index (χ3n) is 3.68. The fourth-order valence-electron chi connectivity index (χ4n) is 2.22. The molecule has 2 rings (SSSR count). The Balaban J connectivity index is 2.24. The molecule has 4 atom stereocenters. The lowest BCUT2D eigenvalue weighted by Gasteiger charge is -2.23. The minimum Gasteiger partial charge on any atom is -0.394 e. The van der Waals surface area contributed by atoms with Crippen LogP contribution in [0.5, 0.6) is 0 Å². The molecule has 1 aliphatic rings. The Kier molecular flexibility index (Phi) is 6.17. The van der Waals surface area contributed by atoms with Gasteiger partial charge in [0.05, 0.1) is 6.61 Å². The van der Waals surface area contributed by atoms with Crippen LogP contribution in [0.25, 0.3) is 0 Å². The summed E-state index contributed by atoms with van der Waals surface area (Å²) in [5.41, 5.74) is -0.165. The van der Waals surface area contributed by atoms with Crippen molar-refractivity contribution in [2.24, 2.45) is 4.99 Å². The van der Waals surface area contributed by atoms with Gasteiger partial charge in [0.1, 0.15) is 35.1 Å². The number of carbonyl (C=O) groups excluding carboxylic acids is 2. The summed E-state index contributed by atoms with van der Waals surface area (Å²) in [6, 6.07) is 6.02. The number of aliphatic hydroxyl groups is 5. The van der Waals surface area contributed by atoms with E-state index in [4.69, 9.17) is 16.7 Å². The van der Waals surface area contributed by atoms with Crippen LogP contribution >= 0.6 is 11.6 Å². The van der Waals surface area contributed by atoms with Crippen LogP contribution in [-0.2, 0) is 0 Å². The Bertz CT molecular complexity index is 746. The molecule has 0 aromatic heterocycles. The molecule has 0 radical (unpaired) electrons. The van der Waals surface area contributed by atoms with Crippen LogP contribution < -0.4 is 0 Å². The van der Waals surface area contributed by atoms with Crippen LogP contribution in [0.1, 0.15) is 20.7 Å². The second-order valence-electron chi connectivity index (χ2n) is 5.37. The van der Waals surface area contributed by atoms with Crippen LogP contribution in [0, 0.1) is 0 Å². The monoisotopic (exact) mass is 369 g/mol. The van der Waals surface area contributed by atoms with Gasteiger partial charge in [-0.1, -0.05) is 35.9 Å². The summed E-state index contributed by atoms with van der Waals surface area (Å²) < 4.78 is 0. The number of allylic oxidation sites excluding steroid dienone is 2. The number of fused-ring (bicyclic) bond motifs is 1. The highest BCUT2D eigenvalue weighted by molar-refractivity contribution is 6.50. The van der Waals surface area contributed by atoms with Gasteiger partial charge in [-0.25, -0.2) is 0 Å². The number of ketones is 2. The zero-order chi connectivity index (χ0) is 18.7. The van der Waals surface area contributed by atoms with Gasteiger partial charge in [0, 0.05) is 17.3 Å². The predicted octanol–water partition coefficient (Wildman–Crippen LogP) is -0.977. The Labute approximate surface area is 147 Å². The molecular formula is C16H16ClNO7. The lowest BCUT2D eigenvalue weighted by Crippen LogP contribution is -2.46. The first-order valence-corrected chi connectivity index (χ1v) is 7.62. The average molecular weight is 370 g/mol. The van der Waals surface area contributed by atoms with E-state index in [-0.39, 0.29) is 11.1 Å². The Morgan fingerprint density at radius 3 is 2.12 bits per heavy atom. The van der Waals surface area contributed by atoms with E-state index in [1.54, 1.807) is 12.1 Å². The molecule has 1 aromatic rings. The Morgan fingerprint density at radius 1 is 1.00 bits per heavy atom. The van der Waals surface area contributed by atoms with Crippen molar-refractivity contribution in [3.05, 3.63) is 46.1 Å². The molecule has 9 heteroatoms. The van der Waals surface area contributed by atoms with E-state index in [0.717, 1.165) is 6.21 Å². The zero-order valence-corrected chi connectivity index (χ0v) is 13.5. The van der Waals surface area contributed by atoms with Gasteiger partial charge >= 0.3 is 0 Å². The summed E-state index contributed by atoms with van der Waals surface area (Å²) in [6.45, 7) is -0.831. The molecule has 0 heterocycles.